The largest absolute Gasteiger partial charge is 0.396 e. The highest BCUT2D eigenvalue weighted by molar-refractivity contribution is 5.63. The van der Waals surface area contributed by atoms with Crippen molar-refractivity contribution >= 4 is 11.5 Å². The molecule has 0 bridgehead atoms. The Bertz CT molecular complexity index is 795. The molecular weight excluding hydrogens is 314 g/mol. The van der Waals surface area contributed by atoms with Crippen LogP contribution in [0.3, 0.4) is 0 Å². The van der Waals surface area contributed by atoms with Gasteiger partial charge in [0.05, 0.1) is 23.8 Å². The van der Waals surface area contributed by atoms with Crippen LogP contribution in [0.25, 0.3) is 11.3 Å². The number of benzene rings is 1. The van der Waals surface area contributed by atoms with E-state index in [4.69, 9.17) is 5.11 Å². The molecule has 25 heavy (non-hydrogen) atoms. The summed E-state index contributed by atoms with van der Waals surface area (Å²) in [4.78, 5) is 13.1. The molecule has 3 N–H and O–H groups in total. The maximum Gasteiger partial charge on any atom is 0.145 e. The van der Waals surface area contributed by atoms with Crippen LogP contribution < -0.4 is 10.6 Å². The number of nitrogens with zero attached hydrogens (tertiary/aromatic N) is 3. The molecule has 0 spiro atoms. The van der Waals surface area contributed by atoms with Crippen LogP contribution in [0, 0.1) is 0 Å². The molecule has 0 saturated carbocycles. The summed E-state index contributed by atoms with van der Waals surface area (Å²) in [5.74, 6) is 0.722. The molecule has 6 nitrogen and oxygen atoms in total. The van der Waals surface area contributed by atoms with Crippen LogP contribution in [-0.2, 0) is 6.54 Å². The molecule has 0 amide bonds. The summed E-state index contributed by atoms with van der Waals surface area (Å²) in [6.45, 7) is 1.56. The summed E-state index contributed by atoms with van der Waals surface area (Å²) in [6.07, 6.45) is 7.66. The van der Waals surface area contributed by atoms with Gasteiger partial charge in [0, 0.05) is 37.7 Å². The third-order valence-corrected chi connectivity index (χ3v) is 3.65. The van der Waals surface area contributed by atoms with Crippen molar-refractivity contribution < 1.29 is 5.11 Å². The fraction of sp³-hybridized carbons (Fsp3) is 0.211. The van der Waals surface area contributed by atoms with E-state index < -0.39 is 0 Å². The lowest BCUT2D eigenvalue weighted by Crippen LogP contribution is -2.04. The second kappa shape index (κ2) is 8.75. The first kappa shape index (κ1) is 16.9. The summed E-state index contributed by atoms with van der Waals surface area (Å²) < 4.78 is 0. The lowest BCUT2D eigenvalue weighted by Gasteiger charge is -2.09. The number of pyridine rings is 1. The zero-order chi connectivity index (χ0) is 17.3. The van der Waals surface area contributed by atoms with Gasteiger partial charge in [0.25, 0.3) is 0 Å². The number of nitrogens with one attached hydrogen (secondary N) is 2. The molecule has 3 aromatic rings. The van der Waals surface area contributed by atoms with Crippen LogP contribution in [-0.4, -0.2) is 33.2 Å². The van der Waals surface area contributed by atoms with Crippen molar-refractivity contribution in [1.82, 2.24) is 15.0 Å². The third-order valence-electron chi connectivity index (χ3n) is 3.65. The van der Waals surface area contributed by atoms with E-state index in [9.17, 15) is 0 Å². The zero-order valence-electron chi connectivity index (χ0n) is 13.9. The van der Waals surface area contributed by atoms with Gasteiger partial charge in [-0.15, -0.1) is 0 Å². The summed E-state index contributed by atoms with van der Waals surface area (Å²) in [5.41, 5.74) is 3.74. The van der Waals surface area contributed by atoms with E-state index in [0.717, 1.165) is 22.8 Å². The number of hydrogen-bond donors (Lipinski definition) is 3. The summed E-state index contributed by atoms with van der Waals surface area (Å²) >= 11 is 0. The number of aliphatic hydroxyl groups excluding tert-OH is 1. The van der Waals surface area contributed by atoms with E-state index in [0.29, 0.717) is 19.5 Å². The van der Waals surface area contributed by atoms with Gasteiger partial charge in [0.15, 0.2) is 0 Å². The molecule has 2 heterocycles. The predicted molar refractivity (Wildman–Crippen MR) is 99.2 cm³/mol. The minimum absolute atomic E-state index is 0.167. The normalized spacial score (nSPS) is 10.4. The first-order valence-electron chi connectivity index (χ1n) is 8.25. The van der Waals surface area contributed by atoms with E-state index in [1.54, 1.807) is 24.8 Å². The van der Waals surface area contributed by atoms with Gasteiger partial charge in [0.2, 0.25) is 0 Å². The average molecular weight is 335 g/mol. The Morgan fingerprint density at radius 1 is 0.920 bits per heavy atom. The topological polar surface area (TPSA) is 83.0 Å². The van der Waals surface area contributed by atoms with Crippen LogP contribution in [0.1, 0.15) is 12.0 Å². The fourth-order valence-corrected chi connectivity index (χ4v) is 2.37. The van der Waals surface area contributed by atoms with Crippen molar-refractivity contribution in [3.8, 4) is 11.3 Å². The quantitative estimate of drug-likeness (QED) is 0.549. The van der Waals surface area contributed by atoms with Gasteiger partial charge in [-0.25, -0.2) is 4.98 Å². The number of aliphatic hydroxyl groups is 1. The monoisotopic (exact) mass is 335 g/mol. The Balaban J connectivity index is 1.69. The van der Waals surface area contributed by atoms with Crippen molar-refractivity contribution in [2.45, 2.75) is 13.0 Å². The van der Waals surface area contributed by atoms with Crippen molar-refractivity contribution in [3.63, 3.8) is 0 Å². The molecule has 0 aliphatic carbocycles. The Labute approximate surface area is 147 Å². The minimum atomic E-state index is 0.167. The minimum Gasteiger partial charge on any atom is -0.396 e. The van der Waals surface area contributed by atoms with Gasteiger partial charge in [0.1, 0.15) is 5.82 Å². The Kier molecular flexibility index (Phi) is 5.90. The van der Waals surface area contributed by atoms with E-state index in [1.165, 1.54) is 5.56 Å². The van der Waals surface area contributed by atoms with Gasteiger partial charge in [-0.05, 0) is 18.1 Å². The Hall–Kier alpha value is -2.99. The second-order valence-corrected chi connectivity index (χ2v) is 5.59. The van der Waals surface area contributed by atoms with Crippen LogP contribution in [0.15, 0.2) is 61.2 Å². The first-order valence-corrected chi connectivity index (χ1v) is 8.25. The van der Waals surface area contributed by atoms with Crippen molar-refractivity contribution in [1.29, 1.82) is 0 Å². The fourth-order valence-electron chi connectivity index (χ4n) is 2.37. The lowest BCUT2D eigenvalue weighted by atomic mass is 10.2. The van der Waals surface area contributed by atoms with Gasteiger partial charge in [-0.1, -0.05) is 30.3 Å². The molecule has 0 aliphatic rings. The molecule has 0 atom stereocenters. The molecule has 3 rings (SSSR count). The zero-order valence-corrected chi connectivity index (χ0v) is 13.9. The van der Waals surface area contributed by atoms with E-state index in [-0.39, 0.29) is 6.61 Å². The Morgan fingerprint density at radius 2 is 1.76 bits per heavy atom. The highest BCUT2D eigenvalue weighted by Gasteiger charge is 2.04. The average Bonchev–Trinajstić information content (AvgIpc) is 2.68. The summed E-state index contributed by atoms with van der Waals surface area (Å²) in [5, 5.41) is 15.4. The van der Waals surface area contributed by atoms with Crippen LogP contribution >= 0.6 is 0 Å². The number of aromatic nitrogens is 3. The van der Waals surface area contributed by atoms with E-state index in [2.05, 4.69) is 37.7 Å². The molecule has 0 saturated heterocycles. The third kappa shape index (κ3) is 4.99. The van der Waals surface area contributed by atoms with Crippen molar-refractivity contribution in [3.05, 3.63) is 66.7 Å². The van der Waals surface area contributed by atoms with Gasteiger partial charge >= 0.3 is 0 Å². The molecule has 0 radical (unpaired) electrons. The summed E-state index contributed by atoms with van der Waals surface area (Å²) in [6, 6.07) is 12.1. The number of rotatable bonds is 8. The molecule has 2 aromatic heterocycles. The molecule has 128 valence electrons. The molecular formula is C19H21N5O. The molecule has 0 fully saturated rings. The molecule has 6 heteroatoms. The number of anilines is 2. The van der Waals surface area contributed by atoms with Gasteiger partial charge in [-0.3, -0.25) is 9.97 Å². The number of hydrogen-bond acceptors (Lipinski definition) is 6. The molecule has 0 aliphatic heterocycles. The highest BCUT2D eigenvalue weighted by Crippen LogP contribution is 2.20. The summed E-state index contributed by atoms with van der Waals surface area (Å²) in [7, 11) is 0. The first-order chi connectivity index (χ1) is 12.3. The maximum atomic E-state index is 8.86. The smallest absolute Gasteiger partial charge is 0.145 e. The van der Waals surface area contributed by atoms with Crippen molar-refractivity contribution in [2.75, 3.05) is 23.8 Å². The SMILES string of the molecule is OCCCNc1cncc(-c2cncc(NCc3ccccc3)n2)c1. The van der Waals surface area contributed by atoms with Crippen LogP contribution in [0.2, 0.25) is 0 Å². The highest BCUT2D eigenvalue weighted by atomic mass is 16.3. The van der Waals surface area contributed by atoms with Crippen LogP contribution in [0.5, 0.6) is 0 Å². The standard InChI is InChI=1S/C19H21N5O/c25-8-4-7-22-17-9-16(11-20-12-17)18-13-21-14-19(24-18)23-10-15-5-2-1-3-6-15/h1-3,5-6,9,11-14,22,25H,4,7-8,10H2,(H,23,24). The van der Waals surface area contributed by atoms with Crippen molar-refractivity contribution in [2.24, 2.45) is 0 Å². The Morgan fingerprint density at radius 3 is 2.60 bits per heavy atom. The van der Waals surface area contributed by atoms with E-state index >= 15 is 0 Å². The van der Waals surface area contributed by atoms with Gasteiger partial charge < -0.3 is 15.7 Å². The molecule has 1 aromatic carbocycles. The predicted octanol–water partition coefficient (Wildman–Crippen LogP) is 2.95. The second-order valence-electron chi connectivity index (χ2n) is 5.59. The lowest BCUT2D eigenvalue weighted by molar-refractivity contribution is 0.292. The van der Waals surface area contributed by atoms with E-state index in [1.807, 2.05) is 24.3 Å². The van der Waals surface area contributed by atoms with Gasteiger partial charge in [-0.2, -0.15) is 0 Å². The van der Waals surface area contributed by atoms with Crippen LogP contribution in [0.4, 0.5) is 11.5 Å². The maximum absolute atomic E-state index is 8.86. The molecule has 0 unspecified atom stereocenters.